The number of fused-ring (bicyclic) bond motifs is 2. The Balaban J connectivity index is 2.58. The van der Waals surface area contributed by atoms with Crippen molar-refractivity contribution in [3.05, 3.63) is 34.5 Å². The van der Waals surface area contributed by atoms with Crippen molar-refractivity contribution in [2.24, 2.45) is 0 Å². The van der Waals surface area contributed by atoms with Gasteiger partial charge in [-0.05, 0) is 18.2 Å². The van der Waals surface area contributed by atoms with Crippen LogP contribution in [0.1, 0.15) is 0 Å². The number of H-pyrrole nitrogens is 1. The number of hydrogen-bond donors (Lipinski definition) is 2. The molecule has 0 aliphatic rings. The highest BCUT2D eigenvalue weighted by Crippen LogP contribution is 2.42. The molecule has 6 nitrogen and oxygen atoms in total. The van der Waals surface area contributed by atoms with Gasteiger partial charge in [-0.1, -0.05) is 6.07 Å². The normalized spacial score (nSPS) is 10.9. The van der Waals surface area contributed by atoms with E-state index in [0.717, 1.165) is 0 Å². The molecule has 3 aromatic rings. The molecule has 0 fully saturated rings. The van der Waals surface area contributed by atoms with E-state index in [1.54, 1.807) is 18.2 Å². The Morgan fingerprint density at radius 2 is 1.77 bits per heavy atom. The summed E-state index contributed by atoms with van der Waals surface area (Å²) in [4.78, 5) is 15.8. The molecule has 1 heterocycles. The van der Waals surface area contributed by atoms with E-state index >= 15 is 0 Å². The minimum absolute atomic E-state index is 0.0746. The lowest BCUT2D eigenvalue weighted by Crippen LogP contribution is -2.07. The molecular formula is C16H15NO5. The number of benzene rings is 2. The summed E-state index contributed by atoms with van der Waals surface area (Å²) in [5.41, 5.74) is 0.701. The molecule has 0 radical (unpaired) electrons. The second-order valence-corrected chi connectivity index (χ2v) is 4.72. The predicted molar refractivity (Wildman–Crippen MR) is 83.4 cm³/mol. The fourth-order valence-corrected chi connectivity index (χ4v) is 2.61. The fourth-order valence-electron chi connectivity index (χ4n) is 2.61. The van der Waals surface area contributed by atoms with Crippen molar-refractivity contribution in [2.75, 3.05) is 21.3 Å². The highest BCUT2D eigenvalue weighted by molar-refractivity contribution is 5.99. The van der Waals surface area contributed by atoms with Crippen molar-refractivity contribution in [3.8, 4) is 23.0 Å². The van der Waals surface area contributed by atoms with Gasteiger partial charge in [0.05, 0.1) is 43.1 Å². The lowest BCUT2D eigenvalue weighted by molar-refractivity contribution is 0.327. The summed E-state index contributed by atoms with van der Waals surface area (Å²) in [6, 6.07) is 6.42. The molecule has 114 valence electrons. The summed E-state index contributed by atoms with van der Waals surface area (Å²) in [6.07, 6.45) is 0. The molecule has 6 heteroatoms. The third kappa shape index (κ3) is 1.84. The van der Waals surface area contributed by atoms with Gasteiger partial charge in [0.1, 0.15) is 5.75 Å². The van der Waals surface area contributed by atoms with Crippen LogP contribution < -0.4 is 19.6 Å². The number of aromatic nitrogens is 1. The summed E-state index contributed by atoms with van der Waals surface area (Å²) >= 11 is 0. The van der Waals surface area contributed by atoms with E-state index < -0.39 is 0 Å². The molecule has 2 aromatic carbocycles. The number of ether oxygens (including phenoxy) is 3. The van der Waals surface area contributed by atoms with Crippen molar-refractivity contribution in [2.45, 2.75) is 0 Å². The number of rotatable bonds is 3. The standard InChI is InChI=1S/C16H15NO5/c1-20-11-7-8-13(16(22-3)15(11)21-2)17-9-5-4-6-10(18)12(9)14(8)19/h4-7,18H,1-3H3,(H,17,19). The minimum atomic E-state index is -0.305. The van der Waals surface area contributed by atoms with Crippen LogP contribution in [0.25, 0.3) is 21.8 Å². The maximum atomic E-state index is 12.7. The number of hydrogen-bond acceptors (Lipinski definition) is 5. The monoisotopic (exact) mass is 301 g/mol. The van der Waals surface area contributed by atoms with Crippen molar-refractivity contribution in [1.29, 1.82) is 0 Å². The Morgan fingerprint density at radius 3 is 2.41 bits per heavy atom. The number of phenols is 1. The van der Waals surface area contributed by atoms with E-state index in [2.05, 4.69) is 4.98 Å². The Labute approximate surface area is 125 Å². The first-order chi connectivity index (χ1) is 10.6. The quantitative estimate of drug-likeness (QED) is 0.726. The molecule has 0 atom stereocenters. The van der Waals surface area contributed by atoms with Gasteiger partial charge in [0.2, 0.25) is 11.2 Å². The van der Waals surface area contributed by atoms with Gasteiger partial charge in [-0.15, -0.1) is 0 Å². The number of aromatic amines is 1. The number of aromatic hydroxyl groups is 1. The van der Waals surface area contributed by atoms with E-state index in [9.17, 15) is 9.90 Å². The Morgan fingerprint density at radius 1 is 1.05 bits per heavy atom. The molecule has 1 aromatic heterocycles. The first-order valence-corrected chi connectivity index (χ1v) is 6.59. The highest BCUT2D eigenvalue weighted by Gasteiger charge is 2.20. The van der Waals surface area contributed by atoms with E-state index in [0.29, 0.717) is 33.7 Å². The van der Waals surface area contributed by atoms with Crippen LogP contribution in [-0.4, -0.2) is 31.4 Å². The number of pyridine rings is 1. The Kier molecular flexibility index (Phi) is 3.29. The van der Waals surface area contributed by atoms with Gasteiger partial charge in [-0.3, -0.25) is 4.79 Å². The molecule has 0 spiro atoms. The van der Waals surface area contributed by atoms with Gasteiger partial charge in [0, 0.05) is 0 Å². The summed E-state index contributed by atoms with van der Waals surface area (Å²) in [6.45, 7) is 0. The predicted octanol–water partition coefficient (Wildman–Crippen LogP) is 2.41. The molecule has 0 amide bonds. The van der Waals surface area contributed by atoms with Crippen LogP contribution in [0.2, 0.25) is 0 Å². The zero-order valence-corrected chi connectivity index (χ0v) is 12.4. The Hall–Kier alpha value is -2.89. The van der Waals surface area contributed by atoms with Crippen LogP contribution in [-0.2, 0) is 0 Å². The SMILES string of the molecule is COc1cc2c(=O)c3c(O)cccc3[nH]c2c(OC)c1OC. The molecule has 0 aliphatic carbocycles. The van der Waals surface area contributed by atoms with Gasteiger partial charge in [-0.2, -0.15) is 0 Å². The van der Waals surface area contributed by atoms with Gasteiger partial charge in [0.15, 0.2) is 11.5 Å². The van der Waals surface area contributed by atoms with Crippen LogP contribution >= 0.6 is 0 Å². The van der Waals surface area contributed by atoms with E-state index in [1.807, 2.05) is 0 Å². The summed E-state index contributed by atoms with van der Waals surface area (Å²) in [5.74, 6) is 1.08. The van der Waals surface area contributed by atoms with E-state index in [-0.39, 0.29) is 16.6 Å². The molecule has 0 saturated heterocycles. The summed E-state index contributed by atoms with van der Waals surface area (Å²) < 4.78 is 16.0. The zero-order valence-electron chi connectivity index (χ0n) is 12.4. The Bertz CT molecular complexity index is 929. The second kappa shape index (κ2) is 5.14. The first kappa shape index (κ1) is 14.1. The van der Waals surface area contributed by atoms with Crippen molar-refractivity contribution in [1.82, 2.24) is 4.98 Å². The van der Waals surface area contributed by atoms with E-state index in [1.165, 1.54) is 27.4 Å². The lowest BCUT2D eigenvalue weighted by Gasteiger charge is -2.15. The van der Waals surface area contributed by atoms with Crippen LogP contribution in [0.5, 0.6) is 23.0 Å². The van der Waals surface area contributed by atoms with E-state index in [4.69, 9.17) is 14.2 Å². The van der Waals surface area contributed by atoms with Crippen LogP contribution in [0.4, 0.5) is 0 Å². The average molecular weight is 301 g/mol. The summed E-state index contributed by atoms with van der Waals surface area (Å²) in [5, 5.41) is 10.5. The van der Waals surface area contributed by atoms with Gasteiger partial charge in [0.25, 0.3) is 0 Å². The van der Waals surface area contributed by atoms with Gasteiger partial charge in [-0.25, -0.2) is 0 Å². The molecule has 0 aliphatic heterocycles. The third-order valence-corrected chi connectivity index (χ3v) is 3.60. The van der Waals surface area contributed by atoms with Crippen LogP contribution in [0.15, 0.2) is 29.1 Å². The second-order valence-electron chi connectivity index (χ2n) is 4.72. The van der Waals surface area contributed by atoms with Crippen molar-refractivity contribution < 1.29 is 19.3 Å². The molecule has 3 rings (SSSR count). The van der Waals surface area contributed by atoms with Gasteiger partial charge >= 0.3 is 0 Å². The molecule has 0 unspecified atom stereocenters. The smallest absolute Gasteiger partial charge is 0.205 e. The number of phenolic OH excluding ortho intramolecular Hbond substituents is 1. The maximum Gasteiger partial charge on any atom is 0.205 e. The lowest BCUT2D eigenvalue weighted by atomic mass is 10.1. The molecular weight excluding hydrogens is 286 g/mol. The third-order valence-electron chi connectivity index (χ3n) is 3.60. The van der Waals surface area contributed by atoms with Crippen molar-refractivity contribution in [3.63, 3.8) is 0 Å². The van der Waals surface area contributed by atoms with Gasteiger partial charge < -0.3 is 24.3 Å². The minimum Gasteiger partial charge on any atom is -0.507 e. The molecule has 22 heavy (non-hydrogen) atoms. The van der Waals surface area contributed by atoms with Crippen LogP contribution in [0.3, 0.4) is 0 Å². The van der Waals surface area contributed by atoms with Crippen LogP contribution in [0, 0.1) is 0 Å². The molecule has 2 N–H and O–H groups in total. The zero-order chi connectivity index (χ0) is 15.9. The van der Waals surface area contributed by atoms with Crippen molar-refractivity contribution >= 4 is 21.8 Å². The largest absolute Gasteiger partial charge is 0.507 e. The maximum absolute atomic E-state index is 12.7. The molecule has 0 saturated carbocycles. The number of methoxy groups -OCH3 is 3. The topological polar surface area (TPSA) is 80.8 Å². The average Bonchev–Trinajstić information content (AvgIpc) is 2.53. The first-order valence-electron chi connectivity index (χ1n) is 6.59. The molecule has 0 bridgehead atoms. The summed E-state index contributed by atoms with van der Waals surface area (Å²) in [7, 11) is 4.47. The fraction of sp³-hybridized carbons (Fsp3) is 0.188. The highest BCUT2D eigenvalue weighted by atomic mass is 16.5. The number of nitrogens with one attached hydrogen (secondary N) is 1.